The minimum absolute atomic E-state index is 0.302. The second kappa shape index (κ2) is 6.80. The number of hydrazone groups is 1. The Balaban J connectivity index is 1.89. The Labute approximate surface area is 140 Å². The molecule has 0 atom stereocenters. The van der Waals surface area contributed by atoms with Gasteiger partial charge in [0.25, 0.3) is 5.91 Å². The van der Waals surface area contributed by atoms with E-state index in [4.69, 9.17) is 6.42 Å². The van der Waals surface area contributed by atoms with Crippen LogP contribution in [-0.2, 0) is 6.54 Å². The van der Waals surface area contributed by atoms with E-state index < -0.39 is 0 Å². The summed E-state index contributed by atoms with van der Waals surface area (Å²) in [6.45, 7) is 2.48. The average Bonchev–Trinajstić information content (AvgIpc) is 2.88. The van der Waals surface area contributed by atoms with E-state index in [1.165, 1.54) is 6.20 Å². The molecule has 24 heavy (non-hydrogen) atoms. The average molecular weight is 316 g/mol. The molecule has 1 N–H and O–H groups in total. The summed E-state index contributed by atoms with van der Waals surface area (Å²) in [5.74, 6) is 2.37. The normalized spacial score (nSPS) is 10.8. The van der Waals surface area contributed by atoms with Crippen LogP contribution in [0.5, 0.6) is 0 Å². The summed E-state index contributed by atoms with van der Waals surface area (Å²) in [4.78, 5) is 15.9. The number of benzene rings is 1. The quantitative estimate of drug-likeness (QED) is 0.457. The molecular weight excluding hydrogens is 300 g/mol. The number of carbonyl (C=O) groups excluding carboxylic acids is 1. The van der Waals surface area contributed by atoms with E-state index in [1.54, 1.807) is 24.5 Å². The SMILES string of the molecule is C#CCn1c(C)c(/C=N\NC(=O)c2cccnc2)c2ccccc21. The maximum atomic E-state index is 12.0. The first-order chi connectivity index (χ1) is 11.7. The number of rotatable bonds is 4. The van der Waals surface area contributed by atoms with Crippen molar-refractivity contribution < 1.29 is 4.79 Å². The largest absolute Gasteiger partial charge is 0.333 e. The van der Waals surface area contributed by atoms with Gasteiger partial charge in [-0.05, 0) is 25.1 Å². The monoisotopic (exact) mass is 316 g/mol. The van der Waals surface area contributed by atoms with E-state index in [0.29, 0.717) is 12.1 Å². The third-order valence-electron chi connectivity index (χ3n) is 3.81. The van der Waals surface area contributed by atoms with Crippen LogP contribution >= 0.6 is 0 Å². The van der Waals surface area contributed by atoms with Gasteiger partial charge in [0.15, 0.2) is 0 Å². The maximum Gasteiger partial charge on any atom is 0.272 e. The number of carbonyl (C=O) groups is 1. The van der Waals surface area contributed by atoms with Crippen molar-refractivity contribution in [3.05, 3.63) is 65.6 Å². The van der Waals surface area contributed by atoms with Crippen molar-refractivity contribution in [2.45, 2.75) is 13.5 Å². The first-order valence-corrected chi connectivity index (χ1v) is 7.47. The van der Waals surface area contributed by atoms with Crippen molar-refractivity contribution in [1.29, 1.82) is 0 Å². The van der Waals surface area contributed by atoms with Crippen molar-refractivity contribution in [1.82, 2.24) is 15.0 Å². The predicted octanol–water partition coefficient (Wildman–Crippen LogP) is 2.74. The molecule has 3 rings (SSSR count). The van der Waals surface area contributed by atoms with Crippen LogP contribution in [0.1, 0.15) is 21.6 Å². The number of amides is 1. The fourth-order valence-electron chi connectivity index (χ4n) is 2.63. The van der Waals surface area contributed by atoms with Crippen LogP contribution < -0.4 is 5.43 Å². The zero-order valence-corrected chi connectivity index (χ0v) is 13.2. The van der Waals surface area contributed by atoms with E-state index in [2.05, 4.69) is 26.0 Å². The van der Waals surface area contributed by atoms with E-state index in [0.717, 1.165) is 22.2 Å². The van der Waals surface area contributed by atoms with Crippen molar-refractivity contribution in [3.63, 3.8) is 0 Å². The molecule has 1 amide bonds. The molecule has 0 saturated heterocycles. The highest BCUT2D eigenvalue weighted by atomic mass is 16.2. The molecule has 5 heteroatoms. The standard InChI is InChI=1S/C19H16N4O/c1-3-11-23-14(2)17(16-8-4-5-9-18(16)23)13-21-22-19(24)15-7-6-10-20-12-15/h1,4-10,12-13H,11H2,2H3,(H,22,24)/b21-13-. The smallest absolute Gasteiger partial charge is 0.272 e. The summed E-state index contributed by atoms with van der Waals surface area (Å²) in [6.07, 6.45) is 10.2. The van der Waals surface area contributed by atoms with Crippen molar-refractivity contribution in [2.75, 3.05) is 0 Å². The first kappa shape index (κ1) is 15.5. The number of hydrogen-bond donors (Lipinski definition) is 1. The lowest BCUT2D eigenvalue weighted by Crippen LogP contribution is -2.17. The number of nitrogens with zero attached hydrogens (tertiary/aromatic N) is 3. The maximum absolute atomic E-state index is 12.0. The molecule has 2 aromatic heterocycles. The van der Waals surface area contributed by atoms with E-state index in [9.17, 15) is 4.79 Å². The van der Waals surface area contributed by atoms with Gasteiger partial charge in [0.1, 0.15) is 0 Å². The van der Waals surface area contributed by atoms with Crippen LogP contribution in [0, 0.1) is 19.3 Å². The first-order valence-electron chi connectivity index (χ1n) is 7.47. The number of para-hydroxylation sites is 1. The molecule has 0 unspecified atom stereocenters. The summed E-state index contributed by atoms with van der Waals surface area (Å²) >= 11 is 0. The van der Waals surface area contributed by atoms with Crippen LogP contribution in [0.3, 0.4) is 0 Å². The third-order valence-corrected chi connectivity index (χ3v) is 3.81. The summed E-state index contributed by atoms with van der Waals surface area (Å²) < 4.78 is 2.06. The molecule has 0 aliphatic carbocycles. The van der Waals surface area contributed by atoms with E-state index >= 15 is 0 Å². The Hall–Kier alpha value is -3.39. The molecule has 0 aliphatic heterocycles. The zero-order chi connectivity index (χ0) is 16.9. The molecule has 0 spiro atoms. The summed E-state index contributed by atoms with van der Waals surface area (Å²) in [6, 6.07) is 11.4. The molecule has 118 valence electrons. The Morgan fingerprint density at radius 3 is 2.96 bits per heavy atom. The Morgan fingerprint density at radius 2 is 2.21 bits per heavy atom. The zero-order valence-electron chi connectivity index (χ0n) is 13.2. The van der Waals surface area contributed by atoms with Gasteiger partial charge in [0.2, 0.25) is 0 Å². The van der Waals surface area contributed by atoms with Crippen LogP contribution in [0.15, 0.2) is 53.9 Å². The molecule has 1 aromatic carbocycles. The summed E-state index contributed by atoms with van der Waals surface area (Å²) in [7, 11) is 0. The number of fused-ring (bicyclic) bond motifs is 1. The Kier molecular flexibility index (Phi) is 4.39. The lowest BCUT2D eigenvalue weighted by atomic mass is 10.1. The van der Waals surface area contributed by atoms with Gasteiger partial charge < -0.3 is 4.57 Å². The minimum Gasteiger partial charge on any atom is -0.333 e. The highest BCUT2D eigenvalue weighted by Crippen LogP contribution is 2.24. The fourth-order valence-corrected chi connectivity index (χ4v) is 2.63. The van der Waals surface area contributed by atoms with E-state index in [-0.39, 0.29) is 5.91 Å². The van der Waals surface area contributed by atoms with Gasteiger partial charge in [-0.25, -0.2) is 5.43 Å². The number of aromatic nitrogens is 2. The molecule has 0 radical (unpaired) electrons. The van der Waals surface area contributed by atoms with Crippen molar-refractivity contribution >= 4 is 23.0 Å². The van der Waals surface area contributed by atoms with Gasteiger partial charge in [-0.3, -0.25) is 9.78 Å². The molecule has 5 nitrogen and oxygen atoms in total. The number of hydrogen-bond acceptors (Lipinski definition) is 3. The number of pyridine rings is 1. The lowest BCUT2D eigenvalue weighted by Gasteiger charge is -2.02. The van der Waals surface area contributed by atoms with Crippen LogP contribution in [0.2, 0.25) is 0 Å². The van der Waals surface area contributed by atoms with Gasteiger partial charge >= 0.3 is 0 Å². The Bertz CT molecular complexity index is 949. The van der Waals surface area contributed by atoms with E-state index in [1.807, 2.05) is 31.2 Å². The van der Waals surface area contributed by atoms with Gasteiger partial charge in [-0.1, -0.05) is 24.1 Å². The van der Waals surface area contributed by atoms with Gasteiger partial charge in [0, 0.05) is 34.6 Å². The second-order valence-corrected chi connectivity index (χ2v) is 5.25. The molecule has 0 bridgehead atoms. The third kappa shape index (κ3) is 2.90. The van der Waals surface area contributed by atoms with Crippen LogP contribution in [0.25, 0.3) is 10.9 Å². The molecule has 0 fully saturated rings. The van der Waals surface area contributed by atoms with Crippen molar-refractivity contribution in [3.8, 4) is 12.3 Å². The van der Waals surface area contributed by atoms with Crippen LogP contribution in [-0.4, -0.2) is 21.7 Å². The molecule has 0 aliphatic rings. The highest BCUT2D eigenvalue weighted by Gasteiger charge is 2.11. The number of terminal acetylenes is 1. The summed E-state index contributed by atoms with van der Waals surface area (Å²) in [5, 5.41) is 5.13. The highest BCUT2D eigenvalue weighted by molar-refractivity contribution is 6.02. The van der Waals surface area contributed by atoms with Gasteiger partial charge in [-0.15, -0.1) is 6.42 Å². The fraction of sp³-hybridized carbons (Fsp3) is 0.105. The van der Waals surface area contributed by atoms with Gasteiger partial charge in [-0.2, -0.15) is 5.10 Å². The topological polar surface area (TPSA) is 59.3 Å². The summed E-state index contributed by atoms with van der Waals surface area (Å²) in [5.41, 5.74) is 5.98. The van der Waals surface area contributed by atoms with Crippen LogP contribution in [0.4, 0.5) is 0 Å². The Morgan fingerprint density at radius 1 is 1.38 bits per heavy atom. The van der Waals surface area contributed by atoms with Gasteiger partial charge in [0.05, 0.1) is 18.3 Å². The molecule has 3 aromatic rings. The lowest BCUT2D eigenvalue weighted by molar-refractivity contribution is 0.0955. The minimum atomic E-state index is -0.302. The second-order valence-electron chi connectivity index (χ2n) is 5.25. The molecule has 2 heterocycles. The molecular formula is C19H16N4O. The predicted molar refractivity (Wildman–Crippen MR) is 94.8 cm³/mol. The number of nitrogens with one attached hydrogen (secondary N) is 1. The molecule has 0 saturated carbocycles. The van der Waals surface area contributed by atoms with Crippen molar-refractivity contribution in [2.24, 2.45) is 5.10 Å².